The van der Waals surface area contributed by atoms with Crippen LogP contribution >= 0.6 is 0 Å². The molecular weight excluding hydrogens is 248 g/mol. The lowest BCUT2D eigenvalue weighted by atomic mass is 10.1. The summed E-state index contributed by atoms with van der Waals surface area (Å²) in [7, 11) is 0. The number of hydrogen-bond donors (Lipinski definition) is 3. The van der Waals surface area contributed by atoms with Crippen LogP contribution in [-0.2, 0) is 16.0 Å². The molecule has 0 aliphatic carbocycles. The van der Waals surface area contributed by atoms with Crippen LogP contribution in [0.4, 0.5) is 10.5 Å². The van der Waals surface area contributed by atoms with Crippen molar-refractivity contribution < 1.29 is 19.4 Å². The Kier molecular flexibility index (Phi) is 6.38. The van der Waals surface area contributed by atoms with Crippen molar-refractivity contribution in [2.75, 3.05) is 25.1 Å². The summed E-state index contributed by atoms with van der Waals surface area (Å²) in [6.45, 7) is 2.12. The molecule has 0 saturated heterocycles. The van der Waals surface area contributed by atoms with Gasteiger partial charge >= 0.3 is 12.0 Å². The Labute approximate surface area is 111 Å². The maximum atomic E-state index is 11.5. The normalized spacial score (nSPS) is 9.95. The molecule has 0 fully saturated rings. The Balaban J connectivity index is 2.21. The molecule has 1 aromatic carbocycles. The van der Waals surface area contributed by atoms with E-state index in [0.717, 1.165) is 6.42 Å². The molecule has 1 aromatic rings. The Morgan fingerprint density at radius 3 is 2.53 bits per heavy atom. The van der Waals surface area contributed by atoms with Crippen molar-refractivity contribution in [3.63, 3.8) is 0 Å². The highest BCUT2D eigenvalue weighted by atomic mass is 16.5. The lowest BCUT2D eigenvalue weighted by molar-refractivity contribution is -0.142. The summed E-state index contributed by atoms with van der Waals surface area (Å²) in [6, 6.07) is 7.22. The number of amides is 2. The van der Waals surface area contributed by atoms with E-state index >= 15 is 0 Å². The van der Waals surface area contributed by atoms with Crippen LogP contribution in [0.3, 0.4) is 0 Å². The number of aryl methyl sites for hydroxylation is 1. The number of anilines is 1. The first-order valence-corrected chi connectivity index (χ1v) is 6.05. The van der Waals surface area contributed by atoms with Crippen molar-refractivity contribution in [1.82, 2.24) is 5.32 Å². The number of hydrogen-bond acceptors (Lipinski definition) is 3. The lowest BCUT2D eigenvalue weighted by Crippen LogP contribution is -2.31. The van der Waals surface area contributed by atoms with E-state index in [4.69, 9.17) is 9.84 Å². The molecular formula is C13H18N2O4. The van der Waals surface area contributed by atoms with E-state index in [2.05, 4.69) is 17.6 Å². The average Bonchev–Trinajstić information content (AvgIpc) is 2.39. The number of carbonyl (C=O) groups is 2. The van der Waals surface area contributed by atoms with Gasteiger partial charge in [0.1, 0.15) is 6.61 Å². The molecule has 0 saturated carbocycles. The van der Waals surface area contributed by atoms with E-state index in [9.17, 15) is 9.59 Å². The van der Waals surface area contributed by atoms with E-state index < -0.39 is 5.97 Å². The number of carboxylic acid groups (broad SMARTS) is 1. The first-order chi connectivity index (χ1) is 9.11. The van der Waals surface area contributed by atoms with Gasteiger partial charge in [0.2, 0.25) is 0 Å². The summed E-state index contributed by atoms with van der Waals surface area (Å²) in [5.74, 6) is -1.03. The molecule has 6 nitrogen and oxygen atoms in total. The summed E-state index contributed by atoms with van der Waals surface area (Å²) >= 11 is 0. The van der Waals surface area contributed by atoms with E-state index in [-0.39, 0.29) is 25.8 Å². The minimum atomic E-state index is -1.03. The zero-order valence-electron chi connectivity index (χ0n) is 10.8. The van der Waals surface area contributed by atoms with Crippen LogP contribution in [0.25, 0.3) is 0 Å². The molecule has 0 heterocycles. The summed E-state index contributed by atoms with van der Waals surface area (Å²) in [5, 5.41) is 13.6. The molecule has 0 radical (unpaired) electrons. The molecule has 0 bridgehead atoms. The molecule has 0 aliphatic heterocycles. The third-order valence-electron chi connectivity index (χ3n) is 2.38. The summed E-state index contributed by atoms with van der Waals surface area (Å²) in [4.78, 5) is 21.6. The van der Waals surface area contributed by atoms with Crippen molar-refractivity contribution in [2.45, 2.75) is 13.3 Å². The van der Waals surface area contributed by atoms with Gasteiger partial charge in [0.25, 0.3) is 0 Å². The average molecular weight is 266 g/mol. The van der Waals surface area contributed by atoms with Crippen LogP contribution in [0.15, 0.2) is 24.3 Å². The highest BCUT2D eigenvalue weighted by Crippen LogP contribution is 2.09. The first kappa shape index (κ1) is 15.0. The Morgan fingerprint density at radius 1 is 1.26 bits per heavy atom. The predicted molar refractivity (Wildman–Crippen MR) is 71.3 cm³/mol. The van der Waals surface area contributed by atoms with Crippen molar-refractivity contribution in [3.05, 3.63) is 29.8 Å². The third kappa shape index (κ3) is 6.42. The number of benzene rings is 1. The van der Waals surface area contributed by atoms with Crippen molar-refractivity contribution in [1.29, 1.82) is 0 Å². The quantitative estimate of drug-likeness (QED) is 0.652. The number of rotatable bonds is 7. The van der Waals surface area contributed by atoms with Crippen LogP contribution in [0.5, 0.6) is 0 Å². The van der Waals surface area contributed by atoms with Crippen LogP contribution in [0, 0.1) is 0 Å². The Hall–Kier alpha value is -2.08. The number of ether oxygens (including phenoxy) is 1. The number of urea groups is 1. The molecule has 2 amide bonds. The number of carboxylic acids is 1. The van der Waals surface area contributed by atoms with Gasteiger partial charge in [-0.1, -0.05) is 19.1 Å². The number of aliphatic carboxylic acids is 1. The van der Waals surface area contributed by atoms with Crippen molar-refractivity contribution in [3.8, 4) is 0 Å². The SMILES string of the molecule is CCc1ccc(NC(=O)NCCOCC(=O)O)cc1. The van der Waals surface area contributed by atoms with Crippen LogP contribution in [0.2, 0.25) is 0 Å². The molecule has 0 aromatic heterocycles. The van der Waals surface area contributed by atoms with Crippen LogP contribution in [0.1, 0.15) is 12.5 Å². The topological polar surface area (TPSA) is 87.7 Å². The van der Waals surface area contributed by atoms with Gasteiger partial charge < -0.3 is 20.5 Å². The standard InChI is InChI=1S/C13H18N2O4/c1-2-10-3-5-11(6-4-10)15-13(18)14-7-8-19-9-12(16)17/h3-6H,2,7-9H2,1H3,(H,16,17)(H2,14,15,18). The molecule has 6 heteroatoms. The van der Waals surface area contributed by atoms with Gasteiger partial charge in [0, 0.05) is 12.2 Å². The molecule has 104 valence electrons. The summed E-state index contributed by atoms with van der Waals surface area (Å²) < 4.78 is 4.78. The lowest BCUT2D eigenvalue weighted by Gasteiger charge is -2.08. The van der Waals surface area contributed by atoms with Gasteiger partial charge in [-0.15, -0.1) is 0 Å². The van der Waals surface area contributed by atoms with E-state index in [1.54, 1.807) is 0 Å². The molecule has 1 rings (SSSR count). The fourth-order valence-electron chi connectivity index (χ4n) is 1.40. The number of nitrogens with one attached hydrogen (secondary N) is 2. The fourth-order valence-corrected chi connectivity index (χ4v) is 1.40. The van der Waals surface area contributed by atoms with Crippen molar-refractivity contribution >= 4 is 17.7 Å². The predicted octanol–water partition coefficient (Wildman–Crippen LogP) is 1.47. The molecule has 3 N–H and O–H groups in total. The second-order valence-electron chi connectivity index (χ2n) is 3.88. The van der Waals surface area contributed by atoms with E-state index in [1.807, 2.05) is 24.3 Å². The third-order valence-corrected chi connectivity index (χ3v) is 2.38. The Bertz CT molecular complexity index is 417. The highest BCUT2D eigenvalue weighted by Gasteiger charge is 2.01. The zero-order chi connectivity index (χ0) is 14.1. The van der Waals surface area contributed by atoms with Gasteiger partial charge in [-0.25, -0.2) is 9.59 Å². The zero-order valence-corrected chi connectivity index (χ0v) is 10.8. The van der Waals surface area contributed by atoms with Gasteiger partial charge in [-0.05, 0) is 24.1 Å². The maximum absolute atomic E-state index is 11.5. The molecule has 0 atom stereocenters. The van der Waals surface area contributed by atoms with Gasteiger partial charge in [-0.2, -0.15) is 0 Å². The van der Waals surface area contributed by atoms with E-state index in [1.165, 1.54) is 5.56 Å². The minimum absolute atomic E-state index is 0.161. The van der Waals surface area contributed by atoms with Crippen LogP contribution < -0.4 is 10.6 Å². The second kappa shape index (κ2) is 8.10. The molecule has 0 aliphatic rings. The smallest absolute Gasteiger partial charge is 0.329 e. The highest BCUT2D eigenvalue weighted by molar-refractivity contribution is 5.89. The van der Waals surface area contributed by atoms with Gasteiger partial charge in [0.05, 0.1) is 6.61 Å². The largest absolute Gasteiger partial charge is 0.480 e. The van der Waals surface area contributed by atoms with Gasteiger partial charge in [-0.3, -0.25) is 0 Å². The first-order valence-electron chi connectivity index (χ1n) is 6.05. The summed E-state index contributed by atoms with van der Waals surface area (Å²) in [5.41, 5.74) is 1.91. The maximum Gasteiger partial charge on any atom is 0.329 e. The van der Waals surface area contributed by atoms with Crippen LogP contribution in [-0.4, -0.2) is 36.9 Å². The molecule has 0 spiro atoms. The van der Waals surface area contributed by atoms with Gasteiger partial charge in [0.15, 0.2) is 0 Å². The molecule has 0 unspecified atom stereocenters. The fraction of sp³-hybridized carbons (Fsp3) is 0.385. The monoisotopic (exact) mass is 266 g/mol. The Morgan fingerprint density at radius 2 is 1.95 bits per heavy atom. The summed E-state index contributed by atoms with van der Waals surface area (Å²) in [6.07, 6.45) is 0.952. The number of carbonyl (C=O) groups excluding carboxylic acids is 1. The second-order valence-corrected chi connectivity index (χ2v) is 3.88. The molecule has 19 heavy (non-hydrogen) atoms. The minimum Gasteiger partial charge on any atom is -0.480 e. The van der Waals surface area contributed by atoms with Crippen molar-refractivity contribution in [2.24, 2.45) is 0 Å². The van der Waals surface area contributed by atoms with E-state index in [0.29, 0.717) is 5.69 Å².